The van der Waals surface area contributed by atoms with Gasteiger partial charge in [-0.2, -0.15) is 0 Å². The van der Waals surface area contributed by atoms with Crippen molar-refractivity contribution < 1.29 is 9.90 Å². The summed E-state index contributed by atoms with van der Waals surface area (Å²) in [6.07, 6.45) is 0. The molecule has 15 heavy (non-hydrogen) atoms. The number of carboxylic acids is 1. The second-order valence-corrected chi connectivity index (χ2v) is 4.07. The molecule has 0 saturated carbocycles. The molecular weight excluding hydrogens is 212 g/mol. The highest BCUT2D eigenvalue weighted by atomic mass is 32.2. The standard InChI is InChI=1S/C10H10N2O2S/c1-12-8-5-3-2-4-7(8)11-10(12)15-6-9(13)14/h2-5H,6H2,1H3,(H,13,14). The molecule has 0 radical (unpaired) electrons. The number of hydrogen-bond acceptors (Lipinski definition) is 3. The van der Waals surface area contributed by atoms with E-state index in [0.717, 1.165) is 16.2 Å². The van der Waals surface area contributed by atoms with E-state index in [1.807, 2.05) is 35.9 Å². The van der Waals surface area contributed by atoms with Crippen LogP contribution in [-0.2, 0) is 11.8 Å². The van der Waals surface area contributed by atoms with Gasteiger partial charge in [0.15, 0.2) is 5.16 Å². The Bertz CT molecular complexity index is 507. The third kappa shape index (κ3) is 1.97. The Morgan fingerprint density at radius 3 is 2.93 bits per heavy atom. The number of rotatable bonds is 3. The van der Waals surface area contributed by atoms with Crippen molar-refractivity contribution in [1.29, 1.82) is 0 Å². The fourth-order valence-electron chi connectivity index (χ4n) is 1.38. The van der Waals surface area contributed by atoms with Crippen molar-refractivity contribution in [3.05, 3.63) is 24.3 Å². The number of carbonyl (C=O) groups is 1. The first-order valence-corrected chi connectivity index (χ1v) is 5.43. The van der Waals surface area contributed by atoms with E-state index in [9.17, 15) is 4.79 Å². The molecule has 0 saturated heterocycles. The molecule has 1 heterocycles. The SMILES string of the molecule is Cn1c(SCC(=O)O)nc2ccccc21. The number of thioether (sulfide) groups is 1. The molecule has 0 atom stereocenters. The van der Waals surface area contributed by atoms with E-state index in [0.29, 0.717) is 0 Å². The average Bonchev–Trinajstić information content (AvgIpc) is 2.54. The molecule has 1 aromatic carbocycles. The molecule has 0 aliphatic carbocycles. The summed E-state index contributed by atoms with van der Waals surface area (Å²) in [5.41, 5.74) is 1.92. The Morgan fingerprint density at radius 1 is 1.53 bits per heavy atom. The van der Waals surface area contributed by atoms with Crippen LogP contribution in [0.5, 0.6) is 0 Å². The zero-order valence-electron chi connectivity index (χ0n) is 8.17. The molecule has 0 unspecified atom stereocenters. The summed E-state index contributed by atoms with van der Waals surface area (Å²) in [7, 11) is 1.89. The maximum absolute atomic E-state index is 10.4. The summed E-state index contributed by atoms with van der Waals surface area (Å²) in [4.78, 5) is 14.8. The molecule has 0 fully saturated rings. The van der Waals surface area contributed by atoms with Crippen molar-refractivity contribution in [2.45, 2.75) is 5.16 Å². The van der Waals surface area contributed by atoms with Crippen LogP contribution >= 0.6 is 11.8 Å². The molecular formula is C10H10N2O2S. The maximum Gasteiger partial charge on any atom is 0.313 e. The van der Waals surface area contributed by atoms with Gasteiger partial charge >= 0.3 is 5.97 Å². The van der Waals surface area contributed by atoms with Crippen molar-refractivity contribution in [3.63, 3.8) is 0 Å². The van der Waals surface area contributed by atoms with Crippen LogP contribution in [0.1, 0.15) is 0 Å². The van der Waals surface area contributed by atoms with Gasteiger partial charge in [-0.3, -0.25) is 4.79 Å². The smallest absolute Gasteiger partial charge is 0.313 e. The minimum atomic E-state index is -0.827. The van der Waals surface area contributed by atoms with Crippen molar-refractivity contribution in [2.75, 3.05) is 5.75 Å². The number of imidazole rings is 1. The Kier molecular flexibility index (Phi) is 2.64. The van der Waals surface area contributed by atoms with Crippen LogP contribution in [0, 0.1) is 0 Å². The van der Waals surface area contributed by atoms with Crippen LogP contribution in [0.25, 0.3) is 11.0 Å². The topological polar surface area (TPSA) is 55.1 Å². The van der Waals surface area contributed by atoms with Crippen LogP contribution in [-0.4, -0.2) is 26.4 Å². The van der Waals surface area contributed by atoms with Crippen molar-refractivity contribution in [1.82, 2.24) is 9.55 Å². The van der Waals surface area contributed by atoms with Gasteiger partial charge in [0.25, 0.3) is 0 Å². The number of fused-ring (bicyclic) bond motifs is 1. The highest BCUT2D eigenvalue weighted by molar-refractivity contribution is 7.99. The number of hydrogen-bond donors (Lipinski definition) is 1. The summed E-state index contributed by atoms with van der Waals surface area (Å²) in [6, 6.07) is 7.74. The quantitative estimate of drug-likeness (QED) is 0.804. The molecule has 4 nitrogen and oxygen atoms in total. The summed E-state index contributed by atoms with van der Waals surface area (Å²) < 4.78 is 1.91. The predicted molar refractivity (Wildman–Crippen MR) is 59.1 cm³/mol. The molecule has 1 N–H and O–H groups in total. The molecule has 5 heteroatoms. The molecule has 0 aliphatic rings. The Hall–Kier alpha value is -1.49. The lowest BCUT2D eigenvalue weighted by Gasteiger charge is -1.98. The summed E-state index contributed by atoms with van der Waals surface area (Å²) in [5, 5.41) is 9.32. The van der Waals surface area contributed by atoms with Crippen molar-refractivity contribution >= 4 is 28.8 Å². The van der Waals surface area contributed by atoms with Gasteiger partial charge in [0.1, 0.15) is 0 Å². The lowest BCUT2D eigenvalue weighted by atomic mass is 10.3. The van der Waals surface area contributed by atoms with Crippen molar-refractivity contribution in [3.8, 4) is 0 Å². The Labute approximate surface area is 90.9 Å². The Morgan fingerprint density at radius 2 is 2.27 bits per heavy atom. The van der Waals surface area contributed by atoms with Gasteiger partial charge in [0.05, 0.1) is 16.8 Å². The zero-order valence-corrected chi connectivity index (χ0v) is 8.99. The average molecular weight is 222 g/mol. The summed E-state index contributed by atoms with van der Waals surface area (Å²) in [5.74, 6) is -0.788. The number of aromatic nitrogens is 2. The van der Waals surface area contributed by atoms with Crippen LogP contribution < -0.4 is 0 Å². The molecule has 0 amide bonds. The number of aliphatic carboxylic acids is 1. The number of aryl methyl sites for hydroxylation is 1. The van der Waals surface area contributed by atoms with Gasteiger partial charge in [-0.25, -0.2) is 4.98 Å². The first-order valence-electron chi connectivity index (χ1n) is 4.44. The van der Waals surface area contributed by atoms with E-state index in [1.165, 1.54) is 11.8 Å². The van der Waals surface area contributed by atoms with E-state index in [-0.39, 0.29) is 5.75 Å². The third-order valence-electron chi connectivity index (χ3n) is 2.07. The van der Waals surface area contributed by atoms with E-state index < -0.39 is 5.97 Å². The Balaban J connectivity index is 2.36. The molecule has 0 aliphatic heterocycles. The second kappa shape index (κ2) is 3.94. The molecule has 78 valence electrons. The molecule has 0 bridgehead atoms. The summed E-state index contributed by atoms with van der Waals surface area (Å²) in [6.45, 7) is 0. The van der Waals surface area contributed by atoms with Gasteiger partial charge in [0, 0.05) is 7.05 Å². The first kappa shape index (κ1) is 10.0. The van der Waals surface area contributed by atoms with Gasteiger partial charge < -0.3 is 9.67 Å². The molecule has 0 spiro atoms. The van der Waals surface area contributed by atoms with E-state index >= 15 is 0 Å². The van der Waals surface area contributed by atoms with Crippen LogP contribution in [0.3, 0.4) is 0 Å². The monoisotopic (exact) mass is 222 g/mol. The fraction of sp³-hybridized carbons (Fsp3) is 0.200. The van der Waals surface area contributed by atoms with Gasteiger partial charge in [0.2, 0.25) is 0 Å². The van der Waals surface area contributed by atoms with Crippen LogP contribution in [0.15, 0.2) is 29.4 Å². The second-order valence-electron chi connectivity index (χ2n) is 3.12. The number of para-hydroxylation sites is 2. The minimum Gasteiger partial charge on any atom is -0.481 e. The predicted octanol–water partition coefficient (Wildman–Crippen LogP) is 1.75. The third-order valence-corrected chi connectivity index (χ3v) is 3.09. The van der Waals surface area contributed by atoms with Crippen LogP contribution in [0.4, 0.5) is 0 Å². The van der Waals surface area contributed by atoms with Crippen molar-refractivity contribution in [2.24, 2.45) is 7.05 Å². The number of nitrogens with zero attached hydrogens (tertiary/aromatic N) is 2. The van der Waals surface area contributed by atoms with Crippen LogP contribution in [0.2, 0.25) is 0 Å². The number of benzene rings is 1. The van der Waals surface area contributed by atoms with E-state index in [4.69, 9.17) is 5.11 Å². The first-order chi connectivity index (χ1) is 7.18. The maximum atomic E-state index is 10.4. The fourth-order valence-corrected chi connectivity index (χ4v) is 2.09. The zero-order chi connectivity index (χ0) is 10.8. The van der Waals surface area contributed by atoms with E-state index in [1.54, 1.807) is 0 Å². The van der Waals surface area contributed by atoms with Gasteiger partial charge in [-0.05, 0) is 12.1 Å². The van der Waals surface area contributed by atoms with Gasteiger partial charge in [-0.1, -0.05) is 23.9 Å². The molecule has 2 rings (SSSR count). The molecule has 2 aromatic rings. The lowest BCUT2D eigenvalue weighted by molar-refractivity contribution is -0.133. The normalized spacial score (nSPS) is 10.7. The largest absolute Gasteiger partial charge is 0.481 e. The lowest BCUT2D eigenvalue weighted by Crippen LogP contribution is -2.00. The number of carboxylic acid groups (broad SMARTS) is 1. The molecule has 1 aromatic heterocycles. The highest BCUT2D eigenvalue weighted by Crippen LogP contribution is 2.22. The minimum absolute atomic E-state index is 0.0389. The highest BCUT2D eigenvalue weighted by Gasteiger charge is 2.08. The van der Waals surface area contributed by atoms with Gasteiger partial charge in [-0.15, -0.1) is 0 Å². The summed E-state index contributed by atoms with van der Waals surface area (Å²) >= 11 is 1.23. The van der Waals surface area contributed by atoms with E-state index in [2.05, 4.69) is 4.98 Å².